The zero-order valence-corrected chi connectivity index (χ0v) is 33.0. The second kappa shape index (κ2) is 22.9. The highest BCUT2D eigenvalue weighted by molar-refractivity contribution is 5.75. The molecule has 4 heteroatoms. The Morgan fingerprint density at radius 1 is 0.490 bits per heavy atom. The highest BCUT2D eigenvalue weighted by Crippen LogP contribution is 2.43. The fourth-order valence-electron chi connectivity index (χ4n) is 9.42. The number of benzene rings is 1. The van der Waals surface area contributed by atoms with Crippen molar-refractivity contribution in [2.75, 3.05) is 0 Å². The summed E-state index contributed by atoms with van der Waals surface area (Å²) in [7, 11) is 0. The Balaban J connectivity index is 0.000000241. The number of carbonyl (C=O) groups is 2. The summed E-state index contributed by atoms with van der Waals surface area (Å²) in [5, 5.41) is 0. The molecule has 49 heavy (non-hydrogen) atoms. The van der Waals surface area contributed by atoms with Crippen molar-refractivity contribution in [3.63, 3.8) is 0 Å². The maximum Gasteiger partial charge on any atom is 0.314 e. The van der Waals surface area contributed by atoms with Crippen LogP contribution < -0.4 is 4.74 Å². The van der Waals surface area contributed by atoms with Gasteiger partial charge in [-0.2, -0.15) is 0 Å². The monoisotopic (exact) mass is 681 g/mol. The Bertz CT molecular complexity index is 1010. The van der Waals surface area contributed by atoms with Gasteiger partial charge in [0.15, 0.2) is 0 Å². The van der Waals surface area contributed by atoms with Crippen molar-refractivity contribution in [1.82, 2.24) is 0 Å². The van der Waals surface area contributed by atoms with Crippen LogP contribution in [0.5, 0.6) is 5.75 Å². The molecule has 0 aromatic heterocycles. The first-order valence-electron chi connectivity index (χ1n) is 21.3. The number of aryl methyl sites for hydroxylation is 1. The van der Waals surface area contributed by atoms with Gasteiger partial charge in [0.25, 0.3) is 0 Å². The van der Waals surface area contributed by atoms with E-state index < -0.39 is 0 Å². The van der Waals surface area contributed by atoms with Crippen LogP contribution in [0.25, 0.3) is 0 Å². The van der Waals surface area contributed by atoms with E-state index in [1.807, 2.05) is 58.9 Å². The van der Waals surface area contributed by atoms with Gasteiger partial charge in [0.1, 0.15) is 11.9 Å². The van der Waals surface area contributed by atoms with Crippen LogP contribution in [-0.4, -0.2) is 18.0 Å². The molecule has 6 rings (SSSR count). The van der Waals surface area contributed by atoms with Crippen molar-refractivity contribution in [1.29, 1.82) is 0 Å². The van der Waals surface area contributed by atoms with Gasteiger partial charge in [-0.25, -0.2) is 0 Å². The first kappa shape index (κ1) is 41.6. The third-order valence-corrected chi connectivity index (χ3v) is 12.7. The summed E-state index contributed by atoms with van der Waals surface area (Å²) in [5.74, 6) is 6.58. The van der Waals surface area contributed by atoms with Crippen LogP contribution >= 0.6 is 0 Å². The maximum absolute atomic E-state index is 12.4. The van der Waals surface area contributed by atoms with E-state index in [-0.39, 0.29) is 29.9 Å². The average Bonchev–Trinajstić information content (AvgIpc) is 3.16. The number of esters is 2. The van der Waals surface area contributed by atoms with E-state index in [1.54, 1.807) is 0 Å². The molecule has 0 spiro atoms. The van der Waals surface area contributed by atoms with Crippen LogP contribution in [0.1, 0.15) is 182 Å². The molecular formula is C45H76O4. The topological polar surface area (TPSA) is 52.6 Å². The second-order valence-corrected chi connectivity index (χ2v) is 16.2. The molecule has 0 atom stereocenters. The van der Waals surface area contributed by atoms with Gasteiger partial charge in [0.2, 0.25) is 0 Å². The molecule has 0 heterocycles. The lowest BCUT2D eigenvalue weighted by atomic mass is 9.69. The number of carbonyl (C=O) groups excluding carboxylic acids is 2. The molecule has 5 aliphatic rings. The fraction of sp³-hybridized carbons (Fsp3) is 0.822. The van der Waals surface area contributed by atoms with Gasteiger partial charge in [-0.3, -0.25) is 9.59 Å². The summed E-state index contributed by atoms with van der Waals surface area (Å²) < 4.78 is 11.4. The average molecular weight is 681 g/mol. The van der Waals surface area contributed by atoms with Crippen LogP contribution in [-0.2, 0) is 14.3 Å². The molecule has 1 aromatic rings. The van der Waals surface area contributed by atoms with Gasteiger partial charge in [-0.15, -0.1) is 0 Å². The lowest BCUT2D eigenvalue weighted by molar-refractivity contribution is -0.157. The van der Waals surface area contributed by atoms with Gasteiger partial charge in [0, 0.05) is 0 Å². The van der Waals surface area contributed by atoms with Crippen molar-refractivity contribution in [2.24, 2.45) is 47.3 Å². The van der Waals surface area contributed by atoms with Crippen molar-refractivity contribution >= 4 is 11.9 Å². The third-order valence-electron chi connectivity index (χ3n) is 12.7. The summed E-state index contributed by atoms with van der Waals surface area (Å²) in [6.07, 6.45) is 26.7. The Kier molecular flexibility index (Phi) is 19.4. The van der Waals surface area contributed by atoms with Gasteiger partial charge >= 0.3 is 11.9 Å². The highest BCUT2D eigenvalue weighted by atomic mass is 16.5. The van der Waals surface area contributed by atoms with Crippen LogP contribution in [0.15, 0.2) is 24.3 Å². The van der Waals surface area contributed by atoms with Gasteiger partial charge in [-0.1, -0.05) is 91.3 Å². The Morgan fingerprint density at radius 2 is 0.857 bits per heavy atom. The van der Waals surface area contributed by atoms with Crippen LogP contribution in [0, 0.1) is 54.3 Å². The van der Waals surface area contributed by atoms with Gasteiger partial charge < -0.3 is 9.47 Å². The van der Waals surface area contributed by atoms with E-state index in [0.29, 0.717) is 5.75 Å². The number of hydrogen-bond acceptors (Lipinski definition) is 4. The molecule has 0 unspecified atom stereocenters. The van der Waals surface area contributed by atoms with Gasteiger partial charge in [-0.05, 0) is 157 Å². The summed E-state index contributed by atoms with van der Waals surface area (Å²) >= 11 is 0. The lowest BCUT2D eigenvalue weighted by Gasteiger charge is -2.37. The molecule has 4 nitrogen and oxygen atoms in total. The smallest absolute Gasteiger partial charge is 0.314 e. The molecule has 5 fully saturated rings. The quantitative estimate of drug-likeness (QED) is 0.222. The predicted octanol–water partition coefficient (Wildman–Crippen LogP) is 13.1. The molecule has 0 saturated heterocycles. The molecule has 0 N–H and O–H groups in total. The molecule has 0 aliphatic heterocycles. The molecule has 0 amide bonds. The fourth-order valence-corrected chi connectivity index (χ4v) is 9.42. The molecule has 280 valence electrons. The van der Waals surface area contributed by atoms with Crippen molar-refractivity contribution < 1.29 is 19.1 Å². The van der Waals surface area contributed by atoms with Crippen LogP contribution in [0.4, 0.5) is 0 Å². The normalized spacial score (nSPS) is 32.0. The predicted molar refractivity (Wildman–Crippen MR) is 206 cm³/mol. The molecule has 0 radical (unpaired) electrons. The summed E-state index contributed by atoms with van der Waals surface area (Å²) in [6, 6.07) is 7.76. The number of ether oxygens (including phenoxy) is 2. The molecule has 5 aliphatic carbocycles. The standard InChI is InChI=1S/C21H30O2.C20H34O2.2C2H6/c1-15-3-7-17(8-4-15)18-9-11-19(12-10-18)21(22)23-20-13-5-16(2)6-14-20;1-15-7-9-16(10-8-15)17-11-13-18(14-12-17)20(21)22-19-5-3-2-4-6-19;2*1-2/h5-6,13-15,17-19H,3-4,7-12H2,1-2H3;15-19H,2-14H2,1H3;2*1-2H3. The SMILES string of the molecule is CC.CC.CC1CCC(C2CCC(C(=O)OC3CCCCC3)CC2)CC1.Cc1ccc(OC(=O)C2CCC(C3CCC(C)CC3)CC2)cc1. The minimum Gasteiger partial charge on any atom is -0.462 e. The van der Waals surface area contributed by atoms with E-state index in [9.17, 15) is 9.59 Å². The van der Waals surface area contributed by atoms with E-state index in [1.165, 1.54) is 102 Å². The zero-order valence-electron chi connectivity index (χ0n) is 33.0. The Hall–Kier alpha value is -1.84. The van der Waals surface area contributed by atoms with Crippen molar-refractivity contribution in [3.05, 3.63) is 29.8 Å². The van der Waals surface area contributed by atoms with Crippen molar-refractivity contribution in [3.8, 4) is 5.75 Å². The zero-order chi connectivity index (χ0) is 35.6. The second-order valence-electron chi connectivity index (χ2n) is 16.2. The first-order chi connectivity index (χ1) is 23.8. The van der Waals surface area contributed by atoms with Crippen LogP contribution in [0.2, 0.25) is 0 Å². The van der Waals surface area contributed by atoms with E-state index in [4.69, 9.17) is 9.47 Å². The first-order valence-corrected chi connectivity index (χ1v) is 21.3. The van der Waals surface area contributed by atoms with Gasteiger partial charge in [0.05, 0.1) is 11.8 Å². The lowest BCUT2D eigenvalue weighted by Crippen LogP contribution is -2.31. The third kappa shape index (κ3) is 14.0. The summed E-state index contributed by atoms with van der Waals surface area (Å²) in [5.41, 5.74) is 1.19. The largest absolute Gasteiger partial charge is 0.462 e. The Morgan fingerprint density at radius 3 is 1.27 bits per heavy atom. The Labute approximate surface area is 302 Å². The molecule has 1 aromatic carbocycles. The van der Waals surface area contributed by atoms with Crippen molar-refractivity contribution in [2.45, 2.75) is 189 Å². The highest BCUT2D eigenvalue weighted by Gasteiger charge is 2.35. The number of rotatable bonds is 6. The minimum absolute atomic E-state index is 0.0235. The summed E-state index contributed by atoms with van der Waals surface area (Å²) in [6.45, 7) is 14.8. The number of hydrogen-bond donors (Lipinski definition) is 0. The van der Waals surface area contributed by atoms with E-state index in [0.717, 1.165) is 74.0 Å². The molecular weight excluding hydrogens is 604 g/mol. The molecule has 5 saturated carbocycles. The van der Waals surface area contributed by atoms with Crippen LogP contribution in [0.3, 0.4) is 0 Å². The molecule has 0 bridgehead atoms. The summed E-state index contributed by atoms with van der Waals surface area (Å²) in [4.78, 5) is 24.7. The minimum atomic E-state index is -0.0235. The maximum atomic E-state index is 12.4. The van der Waals surface area contributed by atoms with E-state index >= 15 is 0 Å². The van der Waals surface area contributed by atoms with E-state index in [2.05, 4.69) is 13.8 Å².